The van der Waals surface area contributed by atoms with E-state index in [2.05, 4.69) is 32.6 Å². The van der Waals surface area contributed by atoms with Crippen LogP contribution in [0.4, 0.5) is 0 Å². The Hall–Kier alpha value is -1.31. The summed E-state index contributed by atoms with van der Waals surface area (Å²) in [5.41, 5.74) is 0. The van der Waals surface area contributed by atoms with Crippen LogP contribution < -0.4 is 9.47 Å². The van der Waals surface area contributed by atoms with E-state index in [9.17, 15) is 8.42 Å². The summed E-state index contributed by atoms with van der Waals surface area (Å²) < 4.78 is 38.4. The van der Waals surface area contributed by atoms with Crippen molar-refractivity contribution in [1.82, 2.24) is 9.21 Å². The number of nitrogens with zero attached hydrogens (tertiary/aromatic N) is 2. The van der Waals surface area contributed by atoms with E-state index in [-0.39, 0.29) is 10.9 Å². The second kappa shape index (κ2) is 9.58. The first-order valence-corrected chi connectivity index (χ1v) is 10.5. The highest BCUT2D eigenvalue weighted by atomic mass is 32.2. The van der Waals surface area contributed by atoms with Gasteiger partial charge >= 0.3 is 0 Å². The summed E-state index contributed by atoms with van der Waals surface area (Å²) in [6, 6.07) is 5.27. The van der Waals surface area contributed by atoms with Gasteiger partial charge in [-0.2, -0.15) is 4.31 Å². The van der Waals surface area contributed by atoms with Crippen LogP contribution in [0, 0.1) is 0 Å². The SMILES string of the molecule is COc1ccc(S(=O)(=O)N(CCN(C(C)C)C(C)C)C(C)C)cc1OC. The van der Waals surface area contributed by atoms with Crippen molar-refractivity contribution in [2.75, 3.05) is 27.3 Å². The minimum absolute atomic E-state index is 0.144. The van der Waals surface area contributed by atoms with Crippen LogP contribution in [0.25, 0.3) is 0 Å². The second-order valence-corrected chi connectivity index (χ2v) is 9.04. The summed E-state index contributed by atoms with van der Waals surface area (Å²) in [5.74, 6) is 0.914. The Morgan fingerprint density at radius 3 is 1.81 bits per heavy atom. The fourth-order valence-electron chi connectivity index (χ4n) is 3.10. The molecule has 0 radical (unpaired) electrons. The van der Waals surface area contributed by atoms with Crippen molar-refractivity contribution in [3.05, 3.63) is 18.2 Å². The normalized spacial score (nSPS) is 12.7. The molecule has 0 fully saturated rings. The Kier molecular flexibility index (Phi) is 8.37. The number of ether oxygens (including phenoxy) is 2. The maximum absolute atomic E-state index is 13.2. The molecule has 0 amide bonds. The Labute approximate surface area is 159 Å². The zero-order valence-electron chi connectivity index (χ0n) is 17.3. The van der Waals surface area contributed by atoms with Gasteiger partial charge in [-0.3, -0.25) is 4.90 Å². The summed E-state index contributed by atoms with van der Waals surface area (Å²) in [6.07, 6.45) is 0. The van der Waals surface area contributed by atoms with Crippen molar-refractivity contribution in [2.45, 2.75) is 64.6 Å². The lowest BCUT2D eigenvalue weighted by Crippen LogP contribution is -2.46. The van der Waals surface area contributed by atoms with Gasteiger partial charge in [0.2, 0.25) is 10.0 Å². The van der Waals surface area contributed by atoms with Gasteiger partial charge in [0.05, 0.1) is 19.1 Å². The molecule has 7 heteroatoms. The molecule has 150 valence electrons. The smallest absolute Gasteiger partial charge is 0.243 e. The zero-order chi connectivity index (χ0) is 20.1. The maximum Gasteiger partial charge on any atom is 0.243 e. The van der Waals surface area contributed by atoms with E-state index in [1.807, 2.05) is 13.8 Å². The van der Waals surface area contributed by atoms with Crippen LogP contribution in [-0.2, 0) is 10.0 Å². The van der Waals surface area contributed by atoms with Crippen molar-refractivity contribution < 1.29 is 17.9 Å². The highest BCUT2D eigenvalue weighted by molar-refractivity contribution is 7.89. The molecule has 26 heavy (non-hydrogen) atoms. The van der Waals surface area contributed by atoms with Crippen LogP contribution in [0.15, 0.2) is 23.1 Å². The van der Waals surface area contributed by atoms with Gasteiger partial charge in [0, 0.05) is 37.3 Å². The highest BCUT2D eigenvalue weighted by Crippen LogP contribution is 2.31. The van der Waals surface area contributed by atoms with E-state index in [0.29, 0.717) is 36.7 Å². The summed E-state index contributed by atoms with van der Waals surface area (Å²) >= 11 is 0. The summed E-state index contributed by atoms with van der Waals surface area (Å²) in [7, 11) is -0.610. The molecule has 0 heterocycles. The zero-order valence-corrected chi connectivity index (χ0v) is 18.1. The van der Waals surface area contributed by atoms with E-state index in [1.165, 1.54) is 20.3 Å². The van der Waals surface area contributed by atoms with Crippen molar-refractivity contribution in [3.8, 4) is 11.5 Å². The average molecular weight is 387 g/mol. The minimum Gasteiger partial charge on any atom is -0.493 e. The number of hydrogen-bond donors (Lipinski definition) is 0. The first-order valence-electron chi connectivity index (χ1n) is 9.05. The predicted octanol–water partition coefficient (Wildman–Crippen LogP) is 3.22. The van der Waals surface area contributed by atoms with Crippen molar-refractivity contribution in [3.63, 3.8) is 0 Å². The van der Waals surface area contributed by atoms with Gasteiger partial charge in [0.1, 0.15) is 0 Å². The molecule has 0 aromatic heterocycles. The third-order valence-corrected chi connectivity index (χ3v) is 6.51. The van der Waals surface area contributed by atoms with Gasteiger partial charge in [-0.15, -0.1) is 0 Å². The molecule has 1 aromatic carbocycles. The van der Waals surface area contributed by atoms with Crippen molar-refractivity contribution in [2.24, 2.45) is 0 Å². The predicted molar refractivity (Wildman–Crippen MR) is 106 cm³/mol. The van der Waals surface area contributed by atoms with Crippen LogP contribution in [-0.4, -0.2) is 63.1 Å². The number of benzene rings is 1. The molecule has 0 unspecified atom stereocenters. The fourth-order valence-corrected chi connectivity index (χ4v) is 4.74. The quantitative estimate of drug-likeness (QED) is 0.618. The number of hydrogen-bond acceptors (Lipinski definition) is 5. The molecule has 0 aliphatic heterocycles. The third kappa shape index (κ3) is 5.34. The summed E-state index contributed by atoms with van der Waals surface area (Å²) in [5, 5.41) is 0. The summed E-state index contributed by atoms with van der Waals surface area (Å²) in [6.45, 7) is 13.4. The lowest BCUT2D eigenvalue weighted by Gasteiger charge is -2.34. The van der Waals surface area contributed by atoms with E-state index < -0.39 is 10.0 Å². The standard InChI is InChI=1S/C19H34N2O4S/c1-14(2)20(15(3)4)11-12-21(16(5)6)26(22,23)17-9-10-18(24-7)19(13-17)25-8/h9-10,13-16H,11-12H2,1-8H3. The van der Waals surface area contributed by atoms with Crippen molar-refractivity contribution >= 4 is 10.0 Å². The van der Waals surface area contributed by atoms with E-state index in [1.54, 1.807) is 16.4 Å². The molecule has 0 N–H and O–H groups in total. The van der Waals surface area contributed by atoms with E-state index >= 15 is 0 Å². The first-order chi connectivity index (χ1) is 12.1. The Morgan fingerprint density at radius 2 is 1.38 bits per heavy atom. The van der Waals surface area contributed by atoms with Gasteiger partial charge in [0.25, 0.3) is 0 Å². The topological polar surface area (TPSA) is 59.1 Å². The molecule has 1 aromatic rings. The number of sulfonamides is 1. The molecule has 6 nitrogen and oxygen atoms in total. The lowest BCUT2D eigenvalue weighted by molar-refractivity contribution is 0.159. The molecule has 1 rings (SSSR count). The molecular weight excluding hydrogens is 352 g/mol. The van der Waals surface area contributed by atoms with Gasteiger partial charge in [-0.1, -0.05) is 0 Å². The van der Waals surface area contributed by atoms with Crippen LogP contribution in [0.1, 0.15) is 41.5 Å². The fraction of sp³-hybridized carbons (Fsp3) is 0.684. The average Bonchev–Trinajstić information content (AvgIpc) is 2.56. The molecular formula is C19H34N2O4S. The maximum atomic E-state index is 13.2. The third-order valence-electron chi connectivity index (χ3n) is 4.44. The molecule has 0 spiro atoms. The van der Waals surface area contributed by atoms with E-state index in [4.69, 9.17) is 9.47 Å². The second-order valence-electron chi connectivity index (χ2n) is 7.15. The first kappa shape index (κ1) is 22.7. The lowest BCUT2D eigenvalue weighted by atomic mass is 10.2. The molecule has 0 saturated heterocycles. The Bertz CT molecular complexity index is 664. The minimum atomic E-state index is -3.63. The number of rotatable bonds is 10. The van der Waals surface area contributed by atoms with E-state index in [0.717, 1.165) is 0 Å². The molecule has 0 bridgehead atoms. The molecule has 0 aliphatic rings. The van der Waals surface area contributed by atoms with Gasteiger partial charge in [-0.25, -0.2) is 8.42 Å². The van der Waals surface area contributed by atoms with Crippen LogP contribution in [0.3, 0.4) is 0 Å². The highest BCUT2D eigenvalue weighted by Gasteiger charge is 2.29. The number of methoxy groups -OCH3 is 2. The monoisotopic (exact) mass is 386 g/mol. The largest absolute Gasteiger partial charge is 0.493 e. The molecule has 0 atom stereocenters. The van der Waals surface area contributed by atoms with Gasteiger partial charge < -0.3 is 9.47 Å². The van der Waals surface area contributed by atoms with Crippen LogP contribution in [0.5, 0.6) is 11.5 Å². The summed E-state index contributed by atoms with van der Waals surface area (Å²) in [4.78, 5) is 2.50. The van der Waals surface area contributed by atoms with Gasteiger partial charge in [-0.05, 0) is 53.7 Å². The Balaban J connectivity index is 3.15. The molecule has 0 saturated carbocycles. The Morgan fingerprint density at radius 1 is 0.846 bits per heavy atom. The molecule has 0 aliphatic carbocycles. The van der Waals surface area contributed by atoms with Gasteiger partial charge in [0.15, 0.2) is 11.5 Å². The van der Waals surface area contributed by atoms with Crippen molar-refractivity contribution in [1.29, 1.82) is 0 Å². The van der Waals surface area contributed by atoms with Crippen LogP contribution >= 0.6 is 0 Å². The van der Waals surface area contributed by atoms with Crippen LogP contribution in [0.2, 0.25) is 0 Å².